The quantitative estimate of drug-likeness (QED) is 0.912. The third-order valence-electron chi connectivity index (χ3n) is 5.09. The summed E-state index contributed by atoms with van der Waals surface area (Å²) in [5, 5.41) is 0. The molecule has 1 atom stereocenters. The molecule has 2 aliphatic rings. The summed E-state index contributed by atoms with van der Waals surface area (Å²) >= 11 is 0. The Balaban J connectivity index is 1.62. The molecule has 0 aliphatic carbocycles. The van der Waals surface area contributed by atoms with Crippen molar-refractivity contribution >= 4 is 17.4 Å². The second-order valence-corrected chi connectivity index (χ2v) is 6.83. The first kappa shape index (κ1) is 16.8. The number of nitrogens with one attached hydrogen (secondary N) is 1. The van der Waals surface area contributed by atoms with Gasteiger partial charge < -0.3 is 14.6 Å². The molecule has 136 valence electrons. The number of H-pyrrole nitrogens is 1. The highest BCUT2D eigenvalue weighted by Gasteiger charge is 2.33. The predicted octanol–water partition coefficient (Wildman–Crippen LogP) is 1.95. The van der Waals surface area contributed by atoms with Crippen molar-refractivity contribution in [2.24, 2.45) is 0 Å². The van der Waals surface area contributed by atoms with Gasteiger partial charge in [0.05, 0.1) is 13.2 Å². The van der Waals surface area contributed by atoms with E-state index in [1.807, 2.05) is 24.3 Å². The average molecular weight is 353 g/mol. The van der Waals surface area contributed by atoms with Crippen LogP contribution in [0, 0.1) is 0 Å². The Labute approximate surface area is 152 Å². The maximum absolute atomic E-state index is 12.5. The second kappa shape index (κ2) is 7.33. The zero-order valence-electron chi connectivity index (χ0n) is 14.7. The molecule has 2 fully saturated rings. The third-order valence-corrected chi connectivity index (χ3v) is 5.09. The molecule has 4 rings (SSSR count). The van der Waals surface area contributed by atoms with E-state index in [1.54, 1.807) is 11.0 Å². The van der Waals surface area contributed by atoms with Crippen molar-refractivity contribution in [3.05, 3.63) is 58.4 Å². The number of carbonyl (C=O) groups excluding carboxylic acids is 1. The minimum absolute atomic E-state index is 0.0699. The standard InChI is InChI=1S/C20H23N3O3/c24-19-14-17(22-8-10-26-11-9-22)13-18(21-19)23-16(6-7-20(23)25)12-15-4-2-1-3-5-15/h1-5,13-14,16H,6-12H2,(H,21,24)/t16-/m1/s1. The molecular weight excluding hydrogens is 330 g/mol. The Morgan fingerprint density at radius 2 is 1.85 bits per heavy atom. The van der Waals surface area contributed by atoms with Crippen LogP contribution in [0.25, 0.3) is 0 Å². The van der Waals surface area contributed by atoms with E-state index in [-0.39, 0.29) is 17.5 Å². The summed E-state index contributed by atoms with van der Waals surface area (Å²) < 4.78 is 5.39. The molecular formula is C20H23N3O3. The van der Waals surface area contributed by atoms with Crippen LogP contribution in [0.1, 0.15) is 18.4 Å². The number of nitrogens with zero attached hydrogens (tertiary/aromatic N) is 2. The summed E-state index contributed by atoms with van der Waals surface area (Å²) in [5.41, 5.74) is 1.87. The van der Waals surface area contributed by atoms with Crippen molar-refractivity contribution in [1.82, 2.24) is 4.98 Å². The highest BCUT2D eigenvalue weighted by molar-refractivity contribution is 5.95. The van der Waals surface area contributed by atoms with E-state index >= 15 is 0 Å². The lowest BCUT2D eigenvalue weighted by Gasteiger charge is -2.30. The summed E-state index contributed by atoms with van der Waals surface area (Å²) in [6, 6.07) is 13.8. The van der Waals surface area contributed by atoms with Gasteiger partial charge in [-0.1, -0.05) is 30.3 Å². The zero-order chi connectivity index (χ0) is 17.9. The first-order chi connectivity index (χ1) is 12.7. The van der Waals surface area contributed by atoms with Crippen LogP contribution in [0.2, 0.25) is 0 Å². The molecule has 6 heteroatoms. The molecule has 0 bridgehead atoms. The lowest BCUT2D eigenvalue weighted by atomic mass is 10.0. The first-order valence-corrected chi connectivity index (χ1v) is 9.14. The molecule has 1 N–H and O–H groups in total. The minimum Gasteiger partial charge on any atom is -0.378 e. The first-order valence-electron chi connectivity index (χ1n) is 9.14. The van der Waals surface area contributed by atoms with Gasteiger partial charge >= 0.3 is 0 Å². The fourth-order valence-electron chi connectivity index (χ4n) is 3.80. The Bertz CT molecular complexity index is 828. The number of amides is 1. The average Bonchev–Trinajstić information content (AvgIpc) is 3.03. The summed E-state index contributed by atoms with van der Waals surface area (Å²) in [5.74, 6) is 0.670. The molecule has 26 heavy (non-hydrogen) atoms. The van der Waals surface area contributed by atoms with Crippen LogP contribution in [0.4, 0.5) is 11.5 Å². The molecule has 1 amide bonds. The highest BCUT2D eigenvalue weighted by Crippen LogP contribution is 2.29. The van der Waals surface area contributed by atoms with E-state index in [0.29, 0.717) is 25.5 Å². The lowest BCUT2D eigenvalue weighted by molar-refractivity contribution is -0.117. The van der Waals surface area contributed by atoms with E-state index in [1.165, 1.54) is 5.56 Å². The number of benzene rings is 1. The molecule has 1 aromatic heterocycles. The van der Waals surface area contributed by atoms with Crippen molar-refractivity contribution in [3.8, 4) is 0 Å². The van der Waals surface area contributed by atoms with Crippen molar-refractivity contribution in [1.29, 1.82) is 0 Å². The molecule has 2 saturated heterocycles. The van der Waals surface area contributed by atoms with Crippen LogP contribution in [-0.2, 0) is 16.0 Å². The van der Waals surface area contributed by atoms with Gasteiger partial charge in [-0.05, 0) is 18.4 Å². The Morgan fingerprint density at radius 1 is 1.08 bits per heavy atom. The van der Waals surface area contributed by atoms with Crippen LogP contribution >= 0.6 is 0 Å². The van der Waals surface area contributed by atoms with Crippen LogP contribution in [0.15, 0.2) is 47.3 Å². The van der Waals surface area contributed by atoms with Gasteiger partial charge in [0.2, 0.25) is 5.91 Å². The van der Waals surface area contributed by atoms with Gasteiger partial charge in [0.1, 0.15) is 5.82 Å². The monoisotopic (exact) mass is 353 g/mol. The number of hydrogen-bond donors (Lipinski definition) is 1. The van der Waals surface area contributed by atoms with Crippen LogP contribution < -0.4 is 15.4 Å². The van der Waals surface area contributed by atoms with Crippen molar-refractivity contribution in [2.45, 2.75) is 25.3 Å². The molecule has 0 spiro atoms. The summed E-state index contributed by atoms with van der Waals surface area (Å²) in [6.45, 7) is 2.82. The number of morpholine rings is 1. The van der Waals surface area contributed by atoms with Crippen molar-refractivity contribution in [3.63, 3.8) is 0 Å². The minimum atomic E-state index is -0.179. The zero-order valence-corrected chi connectivity index (χ0v) is 14.7. The number of aromatic nitrogens is 1. The van der Waals surface area contributed by atoms with Gasteiger partial charge in [0.25, 0.3) is 5.56 Å². The molecule has 0 saturated carbocycles. The largest absolute Gasteiger partial charge is 0.378 e. The van der Waals surface area contributed by atoms with Gasteiger partial charge in [-0.3, -0.25) is 14.5 Å². The SMILES string of the molecule is O=C1CC[C@H](Cc2ccccc2)N1c1cc(N2CCOCC2)cc(=O)[nH]1. The summed E-state index contributed by atoms with van der Waals surface area (Å²) in [6.07, 6.45) is 2.11. The van der Waals surface area contributed by atoms with Gasteiger partial charge in [-0.2, -0.15) is 0 Å². The Morgan fingerprint density at radius 3 is 2.62 bits per heavy atom. The number of aromatic amines is 1. The summed E-state index contributed by atoms with van der Waals surface area (Å²) in [7, 11) is 0. The van der Waals surface area contributed by atoms with Gasteiger partial charge in [0, 0.05) is 43.4 Å². The summed E-state index contributed by atoms with van der Waals surface area (Å²) in [4.78, 5) is 31.6. The number of anilines is 2. The fourth-order valence-corrected chi connectivity index (χ4v) is 3.80. The van der Waals surface area contributed by atoms with Gasteiger partial charge in [-0.15, -0.1) is 0 Å². The van der Waals surface area contributed by atoms with Crippen LogP contribution in [-0.4, -0.2) is 43.2 Å². The van der Waals surface area contributed by atoms with E-state index in [0.717, 1.165) is 31.6 Å². The molecule has 2 aliphatic heterocycles. The molecule has 1 aromatic carbocycles. The van der Waals surface area contributed by atoms with E-state index < -0.39 is 0 Å². The number of ether oxygens (including phenoxy) is 1. The number of hydrogen-bond acceptors (Lipinski definition) is 4. The molecule has 0 unspecified atom stereocenters. The molecule has 3 heterocycles. The Hall–Kier alpha value is -2.60. The maximum atomic E-state index is 12.5. The van der Waals surface area contributed by atoms with Crippen molar-refractivity contribution < 1.29 is 9.53 Å². The lowest BCUT2D eigenvalue weighted by Crippen LogP contribution is -2.38. The molecule has 0 radical (unpaired) electrons. The van der Waals surface area contributed by atoms with Gasteiger partial charge in [-0.25, -0.2) is 0 Å². The van der Waals surface area contributed by atoms with Crippen LogP contribution in [0.5, 0.6) is 0 Å². The topological polar surface area (TPSA) is 65.6 Å². The fraction of sp³-hybridized carbons (Fsp3) is 0.400. The maximum Gasteiger partial charge on any atom is 0.251 e. The Kier molecular flexibility index (Phi) is 4.75. The van der Waals surface area contributed by atoms with E-state index in [2.05, 4.69) is 22.0 Å². The molecule has 6 nitrogen and oxygen atoms in total. The molecule has 2 aromatic rings. The van der Waals surface area contributed by atoms with Crippen molar-refractivity contribution in [2.75, 3.05) is 36.1 Å². The van der Waals surface area contributed by atoms with E-state index in [9.17, 15) is 9.59 Å². The predicted molar refractivity (Wildman–Crippen MR) is 101 cm³/mol. The van der Waals surface area contributed by atoms with Crippen LogP contribution in [0.3, 0.4) is 0 Å². The van der Waals surface area contributed by atoms with E-state index in [4.69, 9.17) is 4.74 Å². The number of rotatable bonds is 4. The highest BCUT2D eigenvalue weighted by atomic mass is 16.5. The number of carbonyl (C=O) groups is 1. The normalized spacial score (nSPS) is 20.6. The second-order valence-electron chi connectivity index (χ2n) is 6.83. The smallest absolute Gasteiger partial charge is 0.251 e. The third kappa shape index (κ3) is 3.51. The van der Waals surface area contributed by atoms with Gasteiger partial charge in [0.15, 0.2) is 0 Å². The number of pyridine rings is 1.